The highest BCUT2D eigenvalue weighted by Crippen LogP contribution is 2.78. The van der Waals surface area contributed by atoms with Crippen LogP contribution in [0.2, 0.25) is 0 Å². The van der Waals surface area contributed by atoms with E-state index in [9.17, 15) is 0 Å². The van der Waals surface area contributed by atoms with Crippen molar-refractivity contribution < 1.29 is 9.47 Å². The van der Waals surface area contributed by atoms with Crippen molar-refractivity contribution in [3.63, 3.8) is 0 Å². The summed E-state index contributed by atoms with van der Waals surface area (Å²) in [4.78, 5) is 0. The summed E-state index contributed by atoms with van der Waals surface area (Å²) in [5, 5.41) is 0. The number of fused-ring (bicyclic) bond motifs is 2. The van der Waals surface area contributed by atoms with Crippen LogP contribution in [0.4, 0.5) is 0 Å². The maximum atomic E-state index is 6.30. The van der Waals surface area contributed by atoms with Crippen LogP contribution in [0.3, 0.4) is 0 Å². The maximum absolute atomic E-state index is 6.30. The first-order valence-corrected chi connectivity index (χ1v) is 16.7. The molecule has 8 aliphatic carbocycles. The van der Waals surface area contributed by atoms with Gasteiger partial charge < -0.3 is 9.47 Å². The fraction of sp³-hybridized carbons (Fsp3) is 0.632. The van der Waals surface area contributed by atoms with Gasteiger partial charge in [-0.25, -0.2) is 0 Å². The maximum Gasteiger partial charge on any atom is 0.0721 e. The molecule has 40 heavy (non-hydrogen) atoms. The molecule has 0 radical (unpaired) electrons. The molecule has 6 fully saturated rings. The molecular weight excluding hydrogens is 488 g/mol. The van der Waals surface area contributed by atoms with E-state index in [2.05, 4.69) is 36.4 Å². The summed E-state index contributed by atoms with van der Waals surface area (Å²) in [5.41, 5.74) is 15.3. The van der Waals surface area contributed by atoms with Crippen LogP contribution >= 0.6 is 0 Å². The first-order chi connectivity index (χ1) is 19.6. The van der Waals surface area contributed by atoms with Crippen molar-refractivity contribution in [3.8, 4) is 0 Å². The van der Waals surface area contributed by atoms with E-state index in [-0.39, 0.29) is 0 Å². The lowest BCUT2D eigenvalue weighted by Gasteiger charge is -2.25. The second kappa shape index (κ2) is 8.81. The zero-order valence-electron chi connectivity index (χ0n) is 24.4. The lowest BCUT2D eigenvalue weighted by atomic mass is 9.78. The molecule has 210 valence electrons. The average Bonchev–Trinajstić information content (AvgIpc) is 3.73. The smallest absolute Gasteiger partial charge is 0.0721 e. The summed E-state index contributed by atoms with van der Waals surface area (Å²) in [6.45, 7) is 3.03. The van der Waals surface area contributed by atoms with E-state index in [4.69, 9.17) is 9.47 Å². The molecule has 6 saturated carbocycles. The summed E-state index contributed by atoms with van der Waals surface area (Å²) in [6.07, 6.45) is 27.4. The van der Waals surface area contributed by atoms with Crippen LogP contribution in [0.15, 0.2) is 69.9 Å². The van der Waals surface area contributed by atoms with Gasteiger partial charge in [0.1, 0.15) is 0 Å². The predicted octanol–water partition coefficient (Wildman–Crippen LogP) is 9.46. The summed E-state index contributed by atoms with van der Waals surface area (Å²) >= 11 is 0. The van der Waals surface area contributed by atoms with Gasteiger partial charge in [-0.1, -0.05) is 58.7 Å². The molecule has 0 saturated heterocycles. The molecule has 0 N–H and O–H groups in total. The summed E-state index contributed by atoms with van der Waals surface area (Å²) in [7, 11) is 0. The van der Waals surface area contributed by atoms with Crippen LogP contribution in [-0.4, -0.2) is 13.2 Å². The Morgan fingerprint density at radius 1 is 0.450 bits per heavy atom. The Hall–Kier alpha value is -1.90. The van der Waals surface area contributed by atoms with E-state index < -0.39 is 0 Å². The summed E-state index contributed by atoms with van der Waals surface area (Å²) in [5.74, 6) is 0. The Morgan fingerprint density at radius 2 is 0.850 bits per heavy atom. The second-order valence-electron chi connectivity index (χ2n) is 15.0. The van der Waals surface area contributed by atoms with Gasteiger partial charge in [0.2, 0.25) is 0 Å². The number of hydrogen-bond acceptors (Lipinski definition) is 2. The van der Waals surface area contributed by atoms with Crippen molar-refractivity contribution in [1.82, 2.24) is 0 Å². The van der Waals surface area contributed by atoms with Gasteiger partial charge >= 0.3 is 0 Å². The van der Waals surface area contributed by atoms with E-state index in [1.807, 2.05) is 22.3 Å². The highest BCUT2D eigenvalue weighted by Gasteiger charge is 2.67. The van der Waals surface area contributed by atoms with Crippen molar-refractivity contribution >= 4 is 0 Å². The topological polar surface area (TPSA) is 18.5 Å². The number of benzene rings is 1. The van der Waals surface area contributed by atoms with Gasteiger partial charge in [-0.15, -0.1) is 0 Å². The minimum atomic E-state index is 0.511. The molecule has 0 bridgehead atoms. The fourth-order valence-electron chi connectivity index (χ4n) is 9.54. The van der Waals surface area contributed by atoms with Gasteiger partial charge in [0.25, 0.3) is 0 Å². The Balaban J connectivity index is 0.774. The molecule has 1 aromatic carbocycles. The van der Waals surface area contributed by atoms with Crippen LogP contribution in [-0.2, 0) is 22.7 Å². The summed E-state index contributed by atoms with van der Waals surface area (Å²) in [6, 6.07) is 8.97. The largest absolute Gasteiger partial charge is 0.372 e. The van der Waals surface area contributed by atoms with Crippen LogP contribution in [0.1, 0.15) is 114 Å². The number of hydrogen-bond donors (Lipinski definition) is 0. The van der Waals surface area contributed by atoms with Gasteiger partial charge in [0.05, 0.1) is 26.4 Å². The standard InChI is InChI=1S/C38H46O2/c1-2-28(24-40-26-30-6-12-34(32-9-10-32)38(19-20-38)36(22-30)15-16-36)4-3-27(1)23-39-25-29-5-11-33(31-7-8-31)37(17-18-37)35(21-29)13-14-35/h1-4,21-22H,5-20,23-26H2. The van der Waals surface area contributed by atoms with E-state index >= 15 is 0 Å². The van der Waals surface area contributed by atoms with Gasteiger partial charge in [-0.2, -0.15) is 0 Å². The molecule has 0 heterocycles. The Labute approximate surface area is 241 Å². The SMILES string of the molecule is C1=C(COCc2ccc(COCC3=CC4(CC4)C4(CC4)C(=C4CC4)CC3)cc2)CCC(=C2CC2)C2(CC2)C12CC2. The Kier molecular flexibility index (Phi) is 5.43. The molecule has 0 atom stereocenters. The van der Waals surface area contributed by atoms with Gasteiger partial charge in [-0.05, 0) is 136 Å². The van der Waals surface area contributed by atoms with Gasteiger partial charge in [0, 0.05) is 10.8 Å². The van der Waals surface area contributed by atoms with Crippen molar-refractivity contribution in [3.05, 3.63) is 81.0 Å². The van der Waals surface area contributed by atoms with Gasteiger partial charge in [0.15, 0.2) is 0 Å². The molecule has 0 aromatic heterocycles. The minimum absolute atomic E-state index is 0.511. The normalized spacial score (nSPS) is 28.9. The van der Waals surface area contributed by atoms with E-state index in [0.29, 0.717) is 34.9 Å². The van der Waals surface area contributed by atoms with Crippen LogP contribution in [0.25, 0.3) is 0 Å². The predicted molar refractivity (Wildman–Crippen MR) is 160 cm³/mol. The fourth-order valence-corrected chi connectivity index (χ4v) is 9.54. The molecule has 2 nitrogen and oxygen atoms in total. The van der Waals surface area contributed by atoms with Gasteiger partial charge in [-0.3, -0.25) is 0 Å². The molecule has 8 aliphatic rings. The zero-order chi connectivity index (χ0) is 26.4. The molecule has 2 heteroatoms. The van der Waals surface area contributed by atoms with Crippen molar-refractivity contribution in [1.29, 1.82) is 0 Å². The molecule has 4 spiro atoms. The molecule has 1 aromatic rings. The van der Waals surface area contributed by atoms with Crippen molar-refractivity contribution in [2.45, 2.75) is 116 Å². The van der Waals surface area contributed by atoms with Crippen molar-refractivity contribution in [2.24, 2.45) is 21.7 Å². The van der Waals surface area contributed by atoms with Crippen molar-refractivity contribution in [2.75, 3.05) is 13.2 Å². The van der Waals surface area contributed by atoms with Crippen LogP contribution in [0, 0.1) is 21.7 Å². The molecule has 0 unspecified atom stereocenters. The summed E-state index contributed by atoms with van der Waals surface area (Å²) < 4.78 is 12.6. The average molecular weight is 535 g/mol. The minimum Gasteiger partial charge on any atom is -0.372 e. The molecule has 9 rings (SSSR count). The lowest BCUT2D eigenvalue weighted by Crippen LogP contribution is -2.17. The molecule has 0 aliphatic heterocycles. The number of rotatable bonds is 8. The number of ether oxygens (including phenoxy) is 2. The third-order valence-electron chi connectivity index (χ3n) is 12.5. The third-order valence-corrected chi connectivity index (χ3v) is 12.5. The second-order valence-corrected chi connectivity index (χ2v) is 15.0. The first-order valence-electron chi connectivity index (χ1n) is 16.7. The zero-order valence-corrected chi connectivity index (χ0v) is 24.4. The van der Waals surface area contributed by atoms with E-state index in [0.717, 1.165) is 13.2 Å². The highest BCUT2D eigenvalue weighted by molar-refractivity contribution is 5.45. The Bertz CT molecular complexity index is 1230. The first kappa shape index (κ1) is 24.7. The van der Waals surface area contributed by atoms with E-state index in [1.54, 1.807) is 11.1 Å². The quantitative estimate of drug-likeness (QED) is 0.309. The molecular formula is C38H46O2. The third kappa shape index (κ3) is 4.10. The lowest BCUT2D eigenvalue weighted by molar-refractivity contribution is 0.138. The Morgan fingerprint density at radius 3 is 1.18 bits per heavy atom. The van der Waals surface area contributed by atoms with Crippen LogP contribution < -0.4 is 0 Å². The molecule has 0 amide bonds. The number of allylic oxidation sites excluding steroid dienone is 6. The monoisotopic (exact) mass is 534 g/mol. The highest BCUT2D eigenvalue weighted by atomic mass is 16.5. The van der Waals surface area contributed by atoms with Crippen LogP contribution in [0.5, 0.6) is 0 Å². The van der Waals surface area contributed by atoms with E-state index in [1.165, 1.54) is 114 Å².